The van der Waals surface area contributed by atoms with Gasteiger partial charge in [-0.3, -0.25) is 0 Å². The van der Waals surface area contributed by atoms with E-state index in [2.05, 4.69) is 10.6 Å². The monoisotopic (exact) mass is 473 g/mol. The Hall–Kier alpha value is -1.31. The first-order valence-corrected chi connectivity index (χ1v) is 12.6. The predicted molar refractivity (Wildman–Crippen MR) is 129 cm³/mol. The molecule has 1 aromatic rings. The van der Waals surface area contributed by atoms with Gasteiger partial charge in [-0.05, 0) is 49.9 Å². The van der Waals surface area contributed by atoms with Crippen LogP contribution >= 0.6 is 11.6 Å². The van der Waals surface area contributed by atoms with E-state index >= 15 is 0 Å². The van der Waals surface area contributed by atoms with Gasteiger partial charge in [0, 0.05) is 30.2 Å². The maximum absolute atomic E-state index is 13.1. The molecule has 1 saturated carbocycles. The molecule has 1 heterocycles. The van der Waals surface area contributed by atoms with Crippen molar-refractivity contribution in [2.75, 3.05) is 13.1 Å². The van der Waals surface area contributed by atoms with Gasteiger partial charge in [0.05, 0.1) is 4.90 Å². The Bertz CT molecular complexity index is 763. The second kappa shape index (κ2) is 13.3. The number of amides is 2. The number of halogens is 1. The maximum atomic E-state index is 13.1. The third-order valence-electron chi connectivity index (χ3n) is 5.93. The number of nitrogens with zero attached hydrogens (tertiary/aromatic N) is 1. The van der Waals surface area contributed by atoms with Crippen LogP contribution < -0.4 is 10.6 Å². The Morgan fingerprint density at radius 2 is 1.52 bits per heavy atom. The lowest BCUT2D eigenvalue weighted by atomic mass is 9.97. The molecule has 2 N–H and O–H groups in total. The first-order valence-electron chi connectivity index (χ1n) is 10.8. The van der Waals surface area contributed by atoms with Gasteiger partial charge in [-0.25, -0.2) is 13.2 Å². The molecule has 31 heavy (non-hydrogen) atoms. The highest BCUT2D eigenvalue weighted by atomic mass is 35.5. The Morgan fingerprint density at radius 1 is 0.935 bits per heavy atom. The van der Waals surface area contributed by atoms with Crippen LogP contribution in [-0.2, 0) is 10.0 Å². The molecule has 3 rings (SSSR count). The summed E-state index contributed by atoms with van der Waals surface area (Å²) in [5, 5.41) is 6.51. The molecule has 1 unspecified atom stereocenters. The zero-order chi connectivity index (χ0) is 20.7. The fourth-order valence-electron chi connectivity index (χ4n) is 4.28. The second-order valence-corrected chi connectivity index (χ2v) is 10.4. The van der Waals surface area contributed by atoms with Crippen molar-refractivity contribution in [2.45, 2.75) is 96.0 Å². The lowest BCUT2D eigenvalue weighted by Crippen LogP contribution is -2.51. The van der Waals surface area contributed by atoms with Gasteiger partial charge in [0.15, 0.2) is 0 Å². The largest absolute Gasteiger partial charge is 0.337 e. The Kier molecular flexibility index (Phi) is 11.9. The van der Waals surface area contributed by atoms with Gasteiger partial charge >= 0.3 is 6.03 Å². The van der Waals surface area contributed by atoms with Crippen molar-refractivity contribution in [3.8, 4) is 0 Å². The van der Waals surface area contributed by atoms with Crippen LogP contribution in [0.15, 0.2) is 29.2 Å². The summed E-state index contributed by atoms with van der Waals surface area (Å²) >= 11 is 5.90. The van der Waals surface area contributed by atoms with Gasteiger partial charge in [-0.15, -0.1) is 0 Å². The van der Waals surface area contributed by atoms with Crippen molar-refractivity contribution in [1.29, 1.82) is 0 Å². The molecule has 2 amide bonds. The molecule has 1 atom stereocenters. The smallest absolute Gasteiger partial charge is 0.315 e. The van der Waals surface area contributed by atoms with E-state index < -0.39 is 10.0 Å². The molecule has 0 spiro atoms. The molecular weight excluding hydrogens is 434 g/mol. The molecule has 178 valence electrons. The average Bonchev–Trinajstić information content (AvgIpc) is 2.69. The van der Waals surface area contributed by atoms with E-state index in [1.807, 2.05) is 0 Å². The van der Waals surface area contributed by atoms with Gasteiger partial charge in [0.1, 0.15) is 0 Å². The topological polar surface area (TPSA) is 78.5 Å². The van der Waals surface area contributed by atoms with Gasteiger partial charge in [0.25, 0.3) is 0 Å². The van der Waals surface area contributed by atoms with Crippen LogP contribution in [0.25, 0.3) is 0 Å². The lowest BCUT2D eigenvalue weighted by Gasteiger charge is -2.35. The number of rotatable bonds is 5. The highest BCUT2D eigenvalue weighted by Gasteiger charge is 2.33. The van der Waals surface area contributed by atoms with Crippen molar-refractivity contribution in [1.82, 2.24) is 14.9 Å². The molecule has 2 fully saturated rings. The van der Waals surface area contributed by atoms with Crippen molar-refractivity contribution in [2.24, 2.45) is 0 Å². The normalized spacial score (nSPS) is 21.0. The van der Waals surface area contributed by atoms with Gasteiger partial charge < -0.3 is 10.6 Å². The van der Waals surface area contributed by atoms with Crippen LogP contribution in [0, 0.1) is 0 Å². The molecular formula is C23H40ClN3O3S. The minimum Gasteiger partial charge on any atom is -0.337 e. The van der Waals surface area contributed by atoms with Gasteiger partial charge in [-0.2, -0.15) is 4.31 Å². The van der Waals surface area contributed by atoms with Crippen molar-refractivity contribution in [3.05, 3.63) is 29.3 Å². The third kappa shape index (κ3) is 7.95. The number of carbonyl (C=O) groups is 1. The molecule has 6 nitrogen and oxygen atoms in total. The number of hydrogen-bond donors (Lipinski definition) is 2. The minimum atomic E-state index is -3.61. The van der Waals surface area contributed by atoms with Crippen molar-refractivity contribution in [3.63, 3.8) is 0 Å². The summed E-state index contributed by atoms with van der Waals surface area (Å²) in [6.07, 6.45) is 10.7. The van der Waals surface area contributed by atoms with Crippen LogP contribution in [-0.4, -0.2) is 43.9 Å². The lowest BCUT2D eigenvalue weighted by molar-refractivity contribution is 0.219. The molecule has 2 aliphatic rings. The summed E-state index contributed by atoms with van der Waals surface area (Å²) < 4.78 is 27.7. The van der Waals surface area contributed by atoms with Crippen LogP contribution in [0.4, 0.5) is 4.79 Å². The third-order valence-corrected chi connectivity index (χ3v) is 8.15. The summed E-state index contributed by atoms with van der Waals surface area (Å²) in [6, 6.07) is 6.06. The van der Waals surface area contributed by atoms with E-state index in [1.54, 1.807) is 12.1 Å². The molecule has 1 aliphatic heterocycles. The quantitative estimate of drug-likeness (QED) is 0.586. The second-order valence-electron chi connectivity index (χ2n) is 8.12. The number of carbonyl (C=O) groups excluding carboxylic acids is 1. The van der Waals surface area contributed by atoms with Gasteiger partial charge in [0.2, 0.25) is 10.0 Å². The number of urea groups is 1. The first kappa shape index (κ1) is 27.7. The zero-order valence-electron chi connectivity index (χ0n) is 16.9. The van der Waals surface area contributed by atoms with E-state index in [1.165, 1.54) is 35.7 Å². The maximum Gasteiger partial charge on any atom is 0.315 e. The van der Waals surface area contributed by atoms with Crippen LogP contribution in [0.5, 0.6) is 0 Å². The fourth-order valence-corrected chi connectivity index (χ4v) is 6.10. The van der Waals surface area contributed by atoms with Gasteiger partial charge in [-0.1, -0.05) is 65.0 Å². The summed E-state index contributed by atoms with van der Waals surface area (Å²) in [5.41, 5.74) is 0. The molecule has 1 saturated heterocycles. The van der Waals surface area contributed by atoms with Crippen LogP contribution in [0.1, 0.15) is 79.1 Å². The summed E-state index contributed by atoms with van der Waals surface area (Å²) in [7, 11) is -3.61. The first-order chi connectivity index (χ1) is 14.0. The van der Waals surface area contributed by atoms with Crippen molar-refractivity contribution >= 4 is 27.7 Å². The standard InChI is InChI=1S/C21H32ClN3O3S.2CH4/c22-17-11-13-20(14-12-17)29(27,28)25-15-7-6-10-19(25)16-23-21(26)24-18-8-4-2-1-3-5-9-18;;/h11-14,18-19H,1-10,15-16H2,(H2,23,24,26);2*1H4. The zero-order valence-corrected chi connectivity index (χ0v) is 18.5. The number of nitrogens with one attached hydrogen (secondary N) is 2. The summed E-state index contributed by atoms with van der Waals surface area (Å²) in [4.78, 5) is 12.7. The van der Waals surface area contributed by atoms with Crippen molar-refractivity contribution < 1.29 is 13.2 Å². The summed E-state index contributed by atoms with van der Waals surface area (Å²) in [6.45, 7) is 0.799. The molecule has 0 bridgehead atoms. The molecule has 1 aromatic carbocycles. The van der Waals surface area contributed by atoms with E-state index in [0.29, 0.717) is 18.1 Å². The minimum absolute atomic E-state index is 0. The van der Waals surface area contributed by atoms with Crippen LogP contribution in [0.3, 0.4) is 0 Å². The van der Waals surface area contributed by atoms with E-state index in [9.17, 15) is 13.2 Å². The van der Waals surface area contributed by atoms with E-state index in [4.69, 9.17) is 11.6 Å². The van der Waals surface area contributed by atoms with E-state index in [0.717, 1.165) is 44.9 Å². The number of benzene rings is 1. The molecule has 0 aromatic heterocycles. The number of hydrogen-bond acceptors (Lipinski definition) is 3. The number of sulfonamides is 1. The van der Waals surface area contributed by atoms with E-state index in [-0.39, 0.29) is 37.9 Å². The SMILES string of the molecule is C.C.O=C(NCC1CCCCN1S(=O)(=O)c1ccc(Cl)cc1)NC1CCCCCCC1. The number of piperidine rings is 1. The molecule has 8 heteroatoms. The fraction of sp³-hybridized carbons (Fsp3) is 0.696. The highest BCUT2D eigenvalue weighted by molar-refractivity contribution is 7.89. The average molecular weight is 474 g/mol. The van der Waals surface area contributed by atoms with Crippen LogP contribution in [0.2, 0.25) is 5.02 Å². The Labute approximate surface area is 194 Å². The Morgan fingerprint density at radius 3 is 2.16 bits per heavy atom. The summed E-state index contributed by atoms with van der Waals surface area (Å²) in [5.74, 6) is 0. The molecule has 1 aliphatic carbocycles. The highest BCUT2D eigenvalue weighted by Crippen LogP contribution is 2.26. The Balaban J connectivity index is 0.00000240. The predicted octanol–water partition coefficient (Wildman–Crippen LogP) is 5.57. The molecule has 0 radical (unpaired) electrons.